The lowest BCUT2D eigenvalue weighted by Crippen LogP contribution is -2.25. The van der Waals surface area contributed by atoms with Gasteiger partial charge in [-0.05, 0) is 26.0 Å². The Morgan fingerprint density at radius 2 is 2.33 bits per heavy atom. The highest BCUT2D eigenvalue weighted by atomic mass is 19.1. The molecule has 1 aliphatic heterocycles. The highest BCUT2D eigenvalue weighted by molar-refractivity contribution is 5.21. The maximum atomic E-state index is 13.6. The van der Waals surface area contributed by atoms with Gasteiger partial charge in [0.25, 0.3) is 0 Å². The molecule has 1 N–H and O–H groups in total. The number of halogens is 1. The van der Waals surface area contributed by atoms with Crippen LogP contribution in [-0.4, -0.2) is 33.0 Å². The quantitative estimate of drug-likeness (QED) is 0.843. The first-order valence-electron chi connectivity index (χ1n) is 6.42. The molecular weight excluding hydrogens is 233 g/mol. The Kier molecular flexibility index (Phi) is 5.11. The lowest BCUT2D eigenvalue weighted by molar-refractivity contribution is 0.0103. The zero-order valence-corrected chi connectivity index (χ0v) is 10.7. The Morgan fingerprint density at radius 1 is 1.50 bits per heavy atom. The summed E-state index contributed by atoms with van der Waals surface area (Å²) in [7, 11) is 1.81. The standard InChI is InChI=1S/C14H20FNO2/c1-16-14(12-6-2-3-7-13(12)15)10-17-9-11-5-4-8-18-11/h2-3,6-7,11,14,16H,4-5,8-10H2,1H3. The molecule has 100 valence electrons. The first-order chi connectivity index (χ1) is 8.81. The van der Waals surface area contributed by atoms with Crippen LogP contribution in [0.25, 0.3) is 0 Å². The summed E-state index contributed by atoms with van der Waals surface area (Å²) in [4.78, 5) is 0. The summed E-state index contributed by atoms with van der Waals surface area (Å²) in [6, 6.07) is 6.67. The Bertz CT molecular complexity index is 367. The Hall–Kier alpha value is -0.970. The smallest absolute Gasteiger partial charge is 0.128 e. The van der Waals surface area contributed by atoms with Crippen molar-refractivity contribution >= 4 is 0 Å². The van der Waals surface area contributed by atoms with Gasteiger partial charge < -0.3 is 14.8 Å². The van der Waals surface area contributed by atoms with Gasteiger partial charge in [0.2, 0.25) is 0 Å². The summed E-state index contributed by atoms with van der Waals surface area (Å²) in [6.07, 6.45) is 2.38. The van der Waals surface area contributed by atoms with Gasteiger partial charge in [-0.2, -0.15) is 0 Å². The summed E-state index contributed by atoms with van der Waals surface area (Å²) in [5.74, 6) is -0.197. The normalized spacial score (nSPS) is 21.1. The number of benzene rings is 1. The molecule has 2 unspecified atom stereocenters. The van der Waals surface area contributed by atoms with Crippen LogP contribution in [-0.2, 0) is 9.47 Å². The molecule has 0 spiro atoms. The monoisotopic (exact) mass is 253 g/mol. The van der Waals surface area contributed by atoms with E-state index in [1.165, 1.54) is 6.07 Å². The molecular formula is C14H20FNO2. The highest BCUT2D eigenvalue weighted by Crippen LogP contribution is 2.18. The molecule has 0 bridgehead atoms. The summed E-state index contributed by atoms with van der Waals surface area (Å²) < 4.78 is 24.7. The van der Waals surface area contributed by atoms with E-state index in [0.717, 1.165) is 19.4 Å². The number of nitrogens with one attached hydrogen (secondary N) is 1. The van der Waals surface area contributed by atoms with Crippen molar-refractivity contribution in [3.63, 3.8) is 0 Å². The van der Waals surface area contributed by atoms with Crippen LogP contribution in [0.1, 0.15) is 24.4 Å². The SMILES string of the molecule is CNC(COCC1CCCO1)c1ccccc1F. The molecule has 1 aromatic rings. The van der Waals surface area contributed by atoms with Gasteiger partial charge in [-0.3, -0.25) is 0 Å². The zero-order valence-electron chi connectivity index (χ0n) is 10.7. The van der Waals surface area contributed by atoms with E-state index in [1.54, 1.807) is 12.1 Å². The summed E-state index contributed by atoms with van der Waals surface area (Å²) in [5, 5.41) is 3.08. The minimum absolute atomic E-state index is 0.118. The molecule has 2 atom stereocenters. The number of ether oxygens (including phenoxy) is 2. The first kappa shape index (κ1) is 13.5. The molecule has 0 aliphatic carbocycles. The average molecular weight is 253 g/mol. The van der Waals surface area contributed by atoms with Crippen LogP contribution in [0.15, 0.2) is 24.3 Å². The van der Waals surface area contributed by atoms with Crippen LogP contribution in [0.2, 0.25) is 0 Å². The highest BCUT2D eigenvalue weighted by Gasteiger charge is 2.18. The Morgan fingerprint density at radius 3 is 3.00 bits per heavy atom. The fourth-order valence-electron chi connectivity index (χ4n) is 2.18. The van der Waals surface area contributed by atoms with Crippen molar-refractivity contribution < 1.29 is 13.9 Å². The van der Waals surface area contributed by atoms with Crippen molar-refractivity contribution in [1.82, 2.24) is 5.32 Å². The third-order valence-electron chi connectivity index (χ3n) is 3.24. The van der Waals surface area contributed by atoms with E-state index in [2.05, 4.69) is 5.32 Å². The van der Waals surface area contributed by atoms with Gasteiger partial charge in [0, 0.05) is 12.2 Å². The molecule has 1 heterocycles. The van der Waals surface area contributed by atoms with Crippen molar-refractivity contribution in [2.75, 3.05) is 26.9 Å². The summed E-state index contributed by atoms with van der Waals surface area (Å²) in [6.45, 7) is 1.88. The molecule has 0 amide bonds. The van der Waals surface area contributed by atoms with Crippen LogP contribution in [0.5, 0.6) is 0 Å². The van der Waals surface area contributed by atoms with Gasteiger partial charge in [-0.15, -0.1) is 0 Å². The van der Waals surface area contributed by atoms with Gasteiger partial charge in [0.1, 0.15) is 5.82 Å². The van der Waals surface area contributed by atoms with Gasteiger partial charge in [-0.1, -0.05) is 18.2 Å². The van der Waals surface area contributed by atoms with E-state index in [0.29, 0.717) is 18.8 Å². The molecule has 4 heteroatoms. The lowest BCUT2D eigenvalue weighted by atomic mass is 10.1. The molecule has 3 nitrogen and oxygen atoms in total. The molecule has 0 saturated carbocycles. The van der Waals surface area contributed by atoms with Gasteiger partial charge >= 0.3 is 0 Å². The zero-order chi connectivity index (χ0) is 12.8. The summed E-state index contributed by atoms with van der Waals surface area (Å²) >= 11 is 0. The topological polar surface area (TPSA) is 30.5 Å². The van der Waals surface area contributed by atoms with Crippen LogP contribution in [0.3, 0.4) is 0 Å². The first-order valence-corrected chi connectivity index (χ1v) is 6.42. The Labute approximate surface area is 107 Å². The second kappa shape index (κ2) is 6.83. The molecule has 2 rings (SSSR count). The van der Waals surface area contributed by atoms with Gasteiger partial charge in [0.05, 0.1) is 25.4 Å². The van der Waals surface area contributed by atoms with E-state index >= 15 is 0 Å². The number of hydrogen-bond acceptors (Lipinski definition) is 3. The van der Waals surface area contributed by atoms with Crippen molar-refractivity contribution in [1.29, 1.82) is 0 Å². The molecule has 18 heavy (non-hydrogen) atoms. The molecule has 1 fully saturated rings. The molecule has 1 saturated heterocycles. The lowest BCUT2D eigenvalue weighted by Gasteiger charge is -2.18. The van der Waals surface area contributed by atoms with Crippen molar-refractivity contribution in [3.05, 3.63) is 35.6 Å². The largest absolute Gasteiger partial charge is 0.377 e. The van der Waals surface area contributed by atoms with E-state index < -0.39 is 0 Å². The molecule has 1 aromatic carbocycles. The number of hydrogen-bond donors (Lipinski definition) is 1. The minimum Gasteiger partial charge on any atom is -0.377 e. The maximum absolute atomic E-state index is 13.6. The van der Waals surface area contributed by atoms with Crippen LogP contribution in [0.4, 0.5) is 4.39 Å². The van der Waals surface area contributed by atoms with Gasteiger partial charge in [0.15, 0.2) is 0 Å². The van der Waals surface area contributed by atoms with E-state index in [1.807, 2.05) is 13.1 Å². The van der Waals surface area contributed by atoms with Crippen LogP contribution < -0.4 is 5.32 Å². The number of likely N-dealkylation sites (N-methyl/N-ethyl adjacent to an activating group) is 1. The van der Waals surface area contributed by atoms with Crippen molar-refractivity contribution in [3.8, 4) is 0 Å². The molecule has 0 aromatic heterocycles. The van der Waals surface area contributed by atoms with Crippen LogP contribution >= 0.6 is 0 Å². The minimum atomic E-state index is -0.197. The predicted octanol–water partition coefficient (Wildman–Crippen LogP) is 2.28. The number of rotatable bonds is 6. The molecule has 1 aliphatic rings. The summed E-state index contributed by atoms with van der Waals surface area (Å²) in [5.41, 5.74) is 0.646. The van der Waals surface area contributed by atoms with E-state index in [4.69, 9.17) is 9.47 Å². The van der Waals surface area contributed by atoms with E-state index in [-0.39, 0.29) is 18.0 Å². The predicted molar refractivity (Wildman–Crippen MR) is 68.0 cm³/mol. The van der Waals surface area contributed by atoms with Crippen LogP contribution in [0, 0.1) is 5.82 Å². The Balaban J connectivity index is 1.83. The third-order valence-corrected chi connectivity index (χ3v) is 3.24. The second-order valence-corrected chi connectivity index (χ2v) is 4.54. The fourth-order valence-corrected chi connectivity index (χ4v) is 2.18. The third kappa shape index (κ3) is 3.51. The second-order valence-electron chi connectivity index (χ2n) is 4.54. The average Bonchev–Trinajstić information content (AvgIpc) is 2.89. The van der Waals surface area contributed by atoms with Crippen molar-refractivity contribution in [2.45, 2.75) is 25.0 Å². The van der Waals surface area contributed by atoms with Gasteiger partial charge in [-0.25, -0.2) is 4.39 Å². The van der Waals surface area contributed by atoms with Crippen molar-refractivity contribution in [2.24, 2.45) is 0 Å². The molecule has 0 radical (unpaired) electrons. The maximum Gasteiger partial charge on any atom is 0.128 e. The fraction of sp³-hybridized carbons (Fsp3) is 0.571. The van der Waals surface area contributed by atoms with E-state index in [9.17, 15) is 4.39 Å².